The van der Waals surface area contributed by atoms with Crippen molar-refractivity contribution in [2.75, 3.05) is 5.32 Å². The SMILES string of the molecule is C[C@@](O)(C(=O)Nc1ccc([S+]([O-])c2ccc(O)cc2)cc1Cl)C(F)(F)F. The van der Waals surface area contributed by atoms with Crippen molar-refractivity contribution in [2.24, 2.45) is 0 Å². The lowest BCUT2D eigenvalue weighted by Crippen LogP contribution is -2.52. The van der Waals surface area contributed by atoms with Gasteiger partial charge in [0.15, 0.2) is 9.79 Å². The molecule has 1 unspecified atom stereocenters. The number of aromatic hydroxyl groups is 1. The first-order valence-corrected chi connectivity index (χ1v) is 8.57. The zero-order valence-electron chi connectivity index (χ0n) is 13.2. The Bertz CT molecular complexity index is 812. The molecule has 0 bridgehead atoms. The summed E-state index contributed by atoms with van der Waals surface area (Å²) in [5.74, 6) is -1.70. The van der Waals surface area contributed by atoms with Crippen LogP contribution in [0.3, 0.4) is 0 Å². The fraction of sp³-hybridized carbons (Fsp3) is 0.188. The fourth-order valence-electron chi connectivity index (χ4n) is 1.79. The maximum atomic E-state index is 12.7. The average molecular weight is 408 g/mol. The minimum atomic E-state index is -5.16. The molecule has 2 rings (SSSR count). The molecule has 26 heavy (non-hydrogen) atoms. The number of phenolic OH excluding ortho intramolecular Hbond substituents is 1. The van der Waals surface area contributed by atoms with Crippen molar-refractivity contribution in [2.45, 2.75) is 28.5 Å². The third kappa shape index (κ3) is 4.24. The number of halogens is 4. The summed E-state index contributed by atoms with van der Waals surface area (Å²) in [6, 6.07) is 9.30. The summed E-state index contributed by atoms with van der Waals surface area (Å²) in [5.41, 5.74) is -3.77. The molecular formula is C16H13ClF3NO4S. The first-order chi connectivity index (χ1) is 11.9. The first kappa shape index (κ1) is 20.4. The number of benzene rings is 2. The zero-order valence-corrected chi connectivity index (χ0v) is 14.7. The molecule has 2 aromatic carbocycles. The average Bonchev–Trinajstić information content (AvgIpc) is 2.55. The van der Waals surface area contributed by atoms with Crippen molar-refractivity contribution in [1.82, 2.24) is 0 Å². The van der Waals surface area contributed by atoms with Crippen molar-refractivity contribution < 1.29 is 32.7 Å². The van der Waals surface area contributed by atoms with E-state index in [0.717, 1.165) is 0 Å². The van der Waals surface area contributed by atoms with Crippen molar-refractivity contribution in [1.29, 1.82) is 0 Å². The third-order valence-electron chi connectivity index (χ3n) is 3.45. The number of nitrogens with one attached hydrogen (secondary N) is 1. The molecule has 140 valence electrons. The van der Waals surface area contributed by atoms with Gasteiger partial charge in [-0.2, -0.15) is 13.2 Å². The van der Waals surface area contributed by atoms with Crippen LogP contribution in [-0.4, -0.2) is 32.5 Å². The van der Waals surface area contributed by atoms with Crippen molar-refractivity contribution in [3.63, 3.8) is 0 Å². The quantitative estimate of drug-likeness (QED) is 0.677. The minimum Gasteiger partial charge on any atom is -0.606 e. The monoisotopic (exact) mass is 407 g/mol. The van der Waals surface area contributed by atoms with Crippen LogP contribution in [0.1, 0.15) is 6.92 Å². The van der Waals surface area contributed by atoms with E-state index in [1.807, 2.05) is 5.32 Å². The Hall–Kier alpha value is -1.94. The molecule has 0 spiro atoms. The highest BCUT2D eigenvalue weighted by atomic mass is 35.5. The van der Waals surface area contributed by atoms with E-state index in [-0.39, 0.29) is 21.4 Å². The van der Waals surface area contributed by atoms with Gasteiger partial charge < -0.3 is 20.1 Å². The minimum absolute atomic E-state index is 0.00133. The number of hydrogen-bond acceptors (Lipinski definition) is 4. The Labute approximate surface area is 154 Å². The Kier molecular flexibility index (Phi) is 5.76. The Morgan fingerprint density at radius 3 is 2.19 bits per heavy atom. The molecule has 0 aliphatic rings. The fourth-order valence-corrected chi connectivity index (χ4v) is 3.16. The number of carbonyl (C=O) groups is 1. The Balaban J connectivity index is 2.22. The smallest absolute Gasteiger partial charge is 0.426 e. The lowest BCUT2D eigenvalue weighted by atomic mass is 10.1. The zero-order chi connectivity index (χ0) is 19.7. The van der Waals surface area contributed by atoms with Crippen LogP contribution in [-0.2, 0) is 16.0 Å². The van der Waals surface area contributed by atoms with Gasteiger partial charge in [0, 0.05) is 17.2 Å². The first-order valence-electron chi connectivity index (χ1n) is 7.04. The molecule has 0 radical (unpaired) electrons. The number of carbonyl (C=O) groups excluding carboxylic acids is 1. The van der Waals surface area contributed by atoms with E-state index in [0.29, 0.717) is 11.8 Å². The van der Waals surface area contributed by atoms with E-state index >= 15 is 0 Å². The van der Waals surface area contributed by atoms with Gasteiger partial charge in [0.05, 0.1) is 10.7 Å². The molecule has 10 heteroatoms. The molecule has 0 fully saturated rings. The van der Waals surface area contributed by atoms with E-state index < -0.39 is 28.9 Å². The summed E-state index contributed by atoms with van der Waals surface area (Å²) in [5, 5.41) is 20.3. The number of phenols is 1. The highest BCUT2D eigenvalue weighted by Gasteiger charge is 2.55. The normalized spacial score (nSPS) is 15.2. The van der Waals surface area contributed by atoms with E-state index in [2.05, 4.69) is 0 Å². The predicted octanol–water partition coefficient (Wildman–Crippen LogP) is 3.46. The molecule has 0 heterocycles. The van der Waals surface area contributed by atoms with Crippen LogP contribution in [0.15, 0.2) is 52.3 Å². The second-order valence-corrected chi connectivity index (χ2v) is 7.32. The van der Waals surface area contributed by atoms with Crippen LogP contribution >= 0.6 is 11.6 Å². The summed E-state index contributed by atoms with van der Waals surface area (Å²) >= 11 is 4.29. The van der Waals surface area contributed by atoms with E-state index in [1.54, 1.807) is 0 Å². The van der Waals surface area contributed by atoms with Gasteiger partial charge in [-0.3, -0.25) is 4.79 Å². The van der Waals surface area contributed by atoms with Crippen molar-refractivity contribution in [3.05, 3.63) is 47.5 Å². The van der Waals surface area contributed by atoms with Gasteiger partial charge in [-0.1, -0.05) is 11.6 Å². The molecular weight excluding hydrogens is 395 g/mol. The van der Waals surface area contributed by atoms with E-state index in [4.69, 9.17) is 11.6 Å². The van der Waals surface area contributed by atoms with Crippen LogP contribution in [0, 0.1) is 0 Å². The Morgan fingerprint density at radius 2 is 1.69 bits per heavy atom. The lowest BCUT2D eigenvalue weighted by molar-refractivity contribution is -0.242. The number of amides is 1. The molecule has 0 aliphatic heterocycles. The molecule has 0 saturated heterocycles. The van der Waals surface area contributed by atoms with Crippen molar-refractivity contribution in [3.8, 4) is 5.75 Å². The maximum absolute atomic E-state index is 12.7. The molecule has 2 atom stereocenters. The van der Waals surface area contributed by atoms with Crippen molar-refractivity contribution >= 4 is 34.4 Å². The van der Waals surface area contributed by atoms with Gasteiger partial charge in [0.25, 0.3) is 5.91 Å². The summed E-state index contributed by atoms with van der Waals surface area (Å²) in [6.07, 6.45) is -5.16. The van der Waals surface area contributed by atoms with Gasteiger partial charge in [-0.25, -0.2) is 0 Å². The lowest BCUT2D eigenvalue weighted by Gasteiger charge is -2.25. The van der Waals surface area contributed by atoms with Crippen LogP contribution in [0.25, 0.3) is 0 Å². The number of rotatable bonds is 4. The number of anilines is 1. The largest absolute Gasteiger partial charge is 0.606 e. The molecule has 1 amide bonds. The van der Waals surface area contributed by atoms with Gasteiger partial charge in [-0.05, 0) is 43.3 Å². The summed E-state index contributed by atoms with van der Waals surface area (Å²) in [7, 11) is 0. The Morgan fingerprint density at radius 1 is 1.15 bits per heavy atom. The number of aliphatic hydroxyl groups is 1. The molecule has 5 nitrogen and oxygen atoms in total. The van der Waals surface area contributed by atoms with E-state index in [9.17, 15) is 32.7 Å². The molecule has 0 aromatic heterocycles. The second-order valence-electron chi connectivity index (χ2n) is 5.43. The predicted molar refractivity (Wildman–Crippen MR) is 89.5 cm³/mol. The van der Waals surface area contributed by atoms with Crippen LogP contribution in [0.5, 0.6) is 5.75 Å². The third-order valence-corrected chi connectivity index (χ3v) is 5.14. The van der Waals surface area contributed by atoms with Gasteiger partial charge in [-0.15, -0.1) is 0 Å². The molecule has 0 saturated carbocycles. The standard InChI is InChI=1S/C16H13ClF3NO4S/c1-15(24,16(18,19)20)14(23)21-13-7-6-11(8-12(13)17)26(25)10-4-2-9(22)3-5-10/h2-8,22,24H,1H3,(H,21,23)/t15-,26?/m1/s1. The highest BCUT2D eigenvalue weighted by molar-refractivity contribution is 7.91. The van der Waals surface area contributed by atoms with Crippen LogP contribution in [0.2, 0.25) is 5.02 Å². The van der Waals surface area contributed by atoms with Gasteiger partial charge in [0.1, 0.15) is 5.75 Å². The summed E-state index contributed by atoms with van der Waals surface area (Å²) in [6.45, 7) is 0.324. The summed E-state index contributed by atoms with van der Waals surface area (Å²) < 4.78 is 50.4. The topological polar surface area (TPSA) is 92.6 Å². The number of hydrogen-bond donors (Lipinski definition) is 3. The molecule has 3 N–H and O–H groups in total. The second kappa shape index (κ2) is 7.36. The van der Waals surface area contributed by atoms with E-state index in [1.165, 1.54) is 42.5 Å². The highest BCUT2D eigenvalue weighted by Crippen LogP contribution is 2.33. The summed E-state index contributed by atoms with van der Waals surface area (Å²) in [4.78, 5) is 12.3. The van der Waals surface area contributed by atoms with Crippen LogP contribution in [0.4, 0.5) is 18.9 Å². The number of alkyl halides is 3. The van der Waals surface area contributed by atoms with Crippen LogP contribution < -0.4 is 5.32 Å². The molecule has 2 aromatic rings. The maximum Gasteiger partial charge on any atom is 0.426 e. The van der Waals surface area contributed by atoms with Gasteiger partial charge in [0.2, 0.25) is 5.60 Å². The van der Waals surface area contributed by atoms with Gasteiger partial charge >= 0.3 is 6.18 Å². The molecule has 0 aliphatic carbocycles.